The summed E-state index contributed by atoms with van der Waals surface area (Å²) in [6.07, 6.45) is 4.30. The van der Waals surface area contributed by atoms with Crippen molar-refractivity contribution in [3.8, 4) is 11.8 Å². The minimum Gasteiger partial charge on any atom is -0.488 e. The van der Waals surface area contributed by atoms with Gasteiger partial charge in [-0.1, -0.05) is 42.8 Å². The van der Waals surface area contributed by atoms with E-state index in [1.807, 2.05) is 24.3 Å². The Morgan fingerprint density at radius 3 is 2.68 bits per heavy atom. The van der Waals surface area contributed by atoms with Gasteiger partial charge in [-0.25, -0.2) is 0 Å². The van der Waals surface area contributed by atoms with E-state index in [0.717, 1.165) is 36.8 Å². The highest BCUT2D eigenvalue weighted by Crippen LogP contribution is 2.31. The van der Waals surface area contributed by atoms with E-state index in [4.69, 9.17) is 4.74 Å². The number of nitriles is 1. The van der Waals surface area contributed by atoms with Gasteiger partial charge in [-0.15, -0.1) is 0 Å². The average Bonchev–Trinajstić information content (AvgIpc) is 2.48. The maximum absolute atomic E-state index is 9.22. The zero-order valence-corrected chi connectivity index (χ0v) is 10.9. The largest absolute Gasteiger partial charge is 0.488 e. The Morgan fingerprint density at radius 1 is 1.00 bits per heavy atom. The highest BCUT2D eigenvalue weighted by atomic mass is 16.5. The van der Waals surface area contributed by atoms with Crippen molar-refractivity contribution in [3.63, 3.8) is 0 Å². The van der Waals surface area contributed by atoms with Gasteiger partial charge in [-0.3, -0.25) is 0 Å². The predicted octanol–water partition coefficient (Wildman–Crippen LogP) is 4.30. The number of benzene rings is 2. The lowest BCUT2D eigenvalue weighted by Crippen LogP contribution is -2.29. The van der Waals surface area contributed by atoms with Crippen LogP contribution in [0, 0.1) is 17.2 Å². The van der Waals surface area contributed by atoms with Crippen molar-refractivity contribution in [2.24, 2.45) is 5.92 Å². The molecule has 1 saturated carbocycles. The number of ether oxygens (including phenoxy) is 1. The third kappa shape index (κ3) is 2.42. The standard InChI is InChI=1S/C17H17NO/c18-12-14-7-2-4-10-16(14)19-17-11-5-8-13-6-1-3-9-15(13)17/h1,3,5-6,8-9,11,14,16H,2,4,7,10H2. The molecule has 0 heterocycles. The number of fused-ring (bicyclic) bond motifs is 1. The number of rotatable bonds is 2. The minimum atomic E-state index is 0.0349. The van der Waals surface area contributed by atoms with E-state index >= 15 is 0 Å². The highest BCUT2D eigenvalue weighted by molar-refractivity contribution is 5.88. The summed E-state index contributed by atoms with van der Waals surface area (Å²) in [5.41, 5.74) is 0. The van der Waals surface area contributed by atoms with Crippen molar-refractivity contribution in [1.82, 2.24) is 0 Å². The molecule has 1 aliphatic rings. The van der Waals surface area contributed by atoms with Gasteiger partial charge in [0.25, 0.3) is 0 Å². The van der Waals surface area contributed by atoms with E-state index in [9.17, 15) is 5.26 Å². The molecule has 19 heavy (non-hydrogen) atoms. The maximum Gasteiger partial charge on any atom is 0.127 e. The van der Waals surface area contributed by atoms with Crippen molar-refractivity contribution < 1.29 is 4.74 Å². The molecule has 0 N–H and O–H groups in total. The molecule has 2 nitrogen and oxygen atoms in total. The zero-order valence-electron chi connectivity index (χ0n) is 10.9. The Hall–Kier alpha value is -2.01. The smallest absolute Gasteiger partial charge is 0.127 e. The van der Waals surface area contributed by atoms with Crippen LogP contribution in [0.3, 0.4) is 0 Å². The van der Waals surface area contributed by atoms with Gasteiger partial charge in [0, 0.05) is 5.39 Å². The summed E-state index contributed by atoms with van der Waals surface area (Å²) in [7, 11) is 0. The van der Waals surface area contributed by atoms with E-state index in [0.29, 0.717) is 0 Å². The second kappa shape index (κ2) is 5.32. The lowest BCUT2D eigenvalue weighted by atomic mass is 9.87. The third-order valence-corrected chi connectivity index (χ3v) is 3.90. The first-order valence-electron chi connectivity index (χ1n) is 6.92. The van der Waals surface area contributed by atoms with Crippen LogP contribution in [0.25, 0.3) is 10.8 Å². The van der Waals surface area contributed by atoms with Crippen LogP contribution in [0.1, 0.15) is 25.7 Å². The first kappa shape index (κ1) is 12.0. The summed E-state index contributed by atoms with van der Waals surface area (Å²) in [5.74, 6) is 0.943. The second-order valence-electron chi connectivity index (χ2n) is 5.15. The highest BCUT2D eigenvalue weighted by Gasteiger charge is 2.26. The number of hydrogen-bond acceptors (Lipinski definition) is 2. The van der Waals surface area contributed by atoms with Crippen LogP contribution in [0.5, 0.6) is 5.75 Å². The fraction of sp³-hybridized carbons (Fsp3) is 0.353. The zero-order chi connectivity index (χ0) is 13.1. The fourth-order valence-electron chi connectivity index (χ4n) is 2.85. The molecular weight excluding hydrogens is 234 g/mol. The molecule has 2 aromatic rings. The van der Waals surface area contributed by atoms with E-state index in [1.165, 1.54) is 5.39 Å². The third-order valence-electron chi connectivity index (χ3n) is 3.90. The lowest BCUT2D eigenvalue weighted by molar-refractivity contribution is 0.122. The fourth-order valence-corrected chi connectivity index (χ4v) is 2.85. The predicted molar refractivity (Wildman–Crippen MR) is 75.9 cm³/mol. The summed E-state index contributed by atoms with van der Waals surface area (Å²) in [6, 6.07) is 16.7. The van der Waals surface area contributed by atoms with Gasteiger partial charge >= 0.3 is 0 Å². The molecule has 0 amide bonds. The molecule has 0 radical (unpaired) electrons. The quantitative estimate of drug-likeness (QED) is 0.797. The molecule has 96 valence electrons. The van der Waals surface area contributed by atoms with Crippen molar-refractivity contribution in [2.75, 3.05) is 0 Å². The SMILES string of the molecule is N#CC1CCCCC1Oc1cccc2ccccc12. The molecule has 2 unspecified atom stereocenters. The molecule has 0 aromatic heterocycles. The van der Waals surface area contributed by atoms with Gasteiger partial charge in [0.1, 0.15) is 11.9 Å². The summed E-state index contributed by atoms with van der Waals surface area (Å²) >= 11 is 0. The van der Waals surface area contributed by atoms with Crippen molar-refractivity contribution >= 4 is 10.8 Å². The van der Waals surface area contributed by atoms with Crippen LogP contribution < -0.4 is 4.74 Å². The van der Waals surface area contributed by atoms with Gasteiger partial charge in [0.2, 0.25) is 0 Å². The van der Waals surface area contributed by atoms with Crippen molar-refractivity contribution in [1.29, 1.82) is 5.26 Å². The summed E-state index contributed by atoms with van der Waals surface area (Å²) in [5, 5.41) is 11.5. The van der Waals surface area contributed by atoms with E-state index in [1.54, 1.807) is 0 Å². The maximum atomic E-state index is 9.22. The number of hydrogen-bond donors (Lipinski definition) is 0. The molecule has 2 aromatic carbocycles. The molecule has 1 aliphatic carbocycles. The van der Waals surface area contributed by atoms with Gasteiger partial charge in [-0.05, 0) is 30.7 Å². The second-order valence-corrected chi connectivity index (χ2v) is 5.15. The van der Waals surface area contributed by atoms with Gasteiger partial charge in [0.05, 0.1) is 12.0 Å². The molecule has 0 spiro atoms. The average molecular weight is 251 g/mol. The molecule has 0 aliphatic heterocycles. The molecular formula is C17H17NO. The van der Waals surface area contributed by atoms with E-state index < -0.39 is 0 Å². The Labute approximate surface area is 113 Å². The molecule has 2 heteroatoms. The van der Waals surface area contributed by atoms with Crippen LogP contribution in [0.2, 0.25) is 0 Å². The normalized spacial score (nSPS) is 22.9. The topological polar surface area (TPSA) is 33.0 Å². The monoisotopic (exact) mass is 251 g/mol. The minimum absolute atomic E-state index is 0.0349. The summed E-state index contributed by atoms with van der Waals surface area (Å²) in [4.78, 5) is 0. The Kier molecular flexibility index (Phi) is 3.37. The first-order chi connectivity index (χ1) is 9.38. The van der Waals surface area contributed by atoms with Crippen LogP contribution >= 0.6 is 0 Å². The Bertz CT molecular complexity index is 609. The lowest BCUT2D eigenvalue weighted by Gasteiger charge is -2.28. The van der Waals surface area contributed by atoms with Gasteiger partial charge < -0.3 is 4.74 Å². The van der Waals surface area contributed by atoms with Gasteiger partial charge in [0.15, 0.2) is 0 Å². The van der Waals surface area contributed by atoms with E-state index in [-0.39, 0.29) is 12.0 Å². The number of nitrogens with zero attached hydrogens (tertiary/aromatic N) is 1. The van der Waals surface area contributed by atoms with Crippen molar-refractivity contribution in [3.05, 3.63) is 42.5 Å². The van der Waals surface area contributed by atoms with Crippen LogP contribution in [-0.4, -0.2) is 6.10 Å². The Morgan fingerprint density at radius 2 is 1.79 bits per heavy atom. The molecule has 0 bridgehead atoms. The van der Waals surface area contributed by atoms with E-state index in [2.05, 4.69) is 24.3 Å². The van der Waals surface area contributed by atoms with Crippen LogP contribution in [0.15, 0.2) is 42.5 Å². The van der Waals surface area contributed by atoms with Crippen molar-refractivity contribution in [2.45, 2.75) is 31.8 Å². The van der Waals surface area contributed by atoms with Crippen LogP contribution in [-0.2, 0) is 0 Å². The summed E-state index contributed by atoms with van der Waals surface area (Å²) < 4.78 is 6.15. The molecule has 1 fully saturated rings. The summed E-state index contributed by atoms with van der Waals surface area (Å²) in [6.45, 7) is 0. The van der Waals surface area contributed by atoms with Gasteiger partial charge in [-0.2, -0.15) is 5.26 Å². The first-order valence-corrected chi connectivity index (χ1v) is 6.92. The van der Waals surface area contributed by atoms with Crippen LogP contribution in [0.4, 0.5) is 0 Å². The molecule has 2 atom stereocenters. The molecule has 3 rings (SSSR count). The molecule has 0 saturated heterocycles. The Balaban J connectivity index is 1.91.